The van der Waals surface area contributed by atoms with Gasteiger partial charge in [-0.1, -0.05) is 6.07 Å². The van der Waals surface area contributed by atoms with E-state index in [0.29, 0.717) is 23.7 Å². The summed E-state index contributed by atoms with van der Waals surface area (Å²) in [6.07, 6.45) is 0. The van der Waals surface area contributed by atoms with Crippen LogP contribution in [0, 0.1) is 0 Å². The Morgan fingerprint density at radius 2 is 2.00 bits per heavy atom. The minimum absolute atomic E-state index is 0.123. The monoisotopic (exact) mass is 358 g/mol. The molecule has 2 heterocycles. The predicted molar refractivity (Wildman–Crippen MR) is 97.1 cm³/mol. The molecule has 1 aromatic carbocycles. The third-order valence-corrected chi connectivity index (χ3v) is 4.66. The summed E-state index contributed by atoms with van der Waals surface area (Å²) in [5.41, 5.74) is 1.37. The minimum Gasteiger partial charge on any atom is -0.340 e. The van der Waals surface area contributed by atoms with Gasteiger partial charge in [-0.05, 0) is 42.6 Å². The first-order valence-electron chi connectivity index (χ1n) is 7.85. The van der Waals surface area contributed by atoms with Crippen molar-refractivity contribution in [2.75, 3.05) is 23.3 Å². The maximum atomic E-state index is 12.2. The van der Waals surface area contributed by atoms with E-state index < -0.39 is 6.04 Å². The van der Waals surface area contributed by atoms with Crippen molar-refractivity contribution in [1.29, 1.82) is 0 Å². The third kappa shape index (κ3) is 3.97. The van der Waals surface area contributed by atoms with Gasteiger partial charge in [-0.2, -0.15) is 0 Å². The summed E-state index contributed by atoms with van der Waals surface area (Å²) in [6, 6.07) is 9.70. The van der Waals surface area contributed by atoms with Crippen LogP contribution in [-0.4, -0.2) is 37.0 Å². The molecule has 1 aromatic heterocycles. The summed E-state index contributed by atoms with van der Waals surface area (Å²) in [6.45, 7) is 2.87. The van der Waals surface area contributed by atoms with Gasteiger partial charge in [-0.3, -0.25) is 14.5 Å². The number of hydrogen-bond acceptors (Lipinski definition) is 4. The highest BCUT2D eigenvalue weighted by molar-refractivity contribution is 7.12. The van der Waals surface area contributed by atoms with Crippen LogP contribution >= 0.6 is 11.3 Å². The zero-order chi connectivity index (χ0) is 17.8. The molecule has 25 heavy (non-hydrogen) atoms. The number of rotatable bonds is 5. The second kappa shape index (κ2) is 7.35. The molecule has 2 aromatic rings. The van der Waals surface area contributed by atoms with Crippen LogP contribution in [0.4, 0.5) is 16.2 Å². The number of anilines is 2. The molecule has 130 valence electrons. The van der Waals surface area contributed by atoms with Crippen molar-refractivity contribution in [3.05, 3.63) is 46.7 Å². The summed E-state index contributed by atoms with van der Waals surface area (Å²) in [5, 5.41) is 9.96. The topological polar surface area (TPSA) is 90.5 Å². The van der Waals surface area contributed by atoms with Crippen molar-refractivity contribution in [2.45, 2.75) is 13.0 Å². The van der Waals surface area contributed by atoms with E-state index in [2.05, 4.69) is 16.0 Å². The van der Waals surface area contributed by atoms with E-state index in [1.807, 2.05) is 5.38 Å². The third-order valence-electron chi connectivity index (χ3n) is 3.79. The average Bonchev–Trinajstić information content (AvgIpc) is 3.27. The molecular formula is C17H18N4O3S. The number of carbonyl (C=O) groups is 3. The van der Waals surface area contributed by atoms with E-state index in [-0.39, 0.29) is 17.8 Å². The lowest BCUT2D eigenvalue weighted by molar-refractivity contribution is -0.117. The van der Waals surface area contributed by atoms with Gasteiger partial charge < -0.3 is 16.0 Å². The summed E-state index contributed by atoms with van der Waals surface area (Å²) < 4.78 is 0. The van der Waals surface area contributed by atoms with E-state index in [0.717, 1.165) is 5.69 Å². The molecule has 1 unspecified atom stereocenters. The minimum atomic E-state index is -0.668. The molecule has 3 N–H and O–H groups in total. The number of thiophene rings is 1. The first kappa shape index (κ1) is 17.0. The molecule has 1 aliphatic heterocycles. The molecule has 0 radical (unpaired) electrons. The summed E-state index contributed by atoms with van der Waals surface area (Å²) in [7, 11) is 0. The molecular weight excluding hydrogens is 340 g/mol. The van der Waals surface area contributed by atoms with Gasteiger partial charge in [0.15, 0.2) is 0 Å². The number of nitrogens with one attached hydrogen (secondary N) is 3. The van der Waals surface area contributed by atoms with Gasteiger partial charge in [0.2, 0.25) is 5.91 Å². The lowest BCUT2D eigenvalue weighted by atomic mass is 10.2. The molecule has 1 fully saturated rings. The molecule has 7 nitrogen and oxygen atoms in total. The summed E-state index contributed by atoms with van der Waals surface area (Å²) >= 11 is 1.32. The molecule has 1 saturated heterocycles. The number of hydrogen-bond donors (Lipinski definition) is 3. The zero-order valence-electron chi connectivity index (χ0n) is 13.6. The Bertz CT molecular complexity index is 774. The molecule has 8 heteroatoms. The molecule has 0 saturated carbocycles. The van der Waals surface area contributed by atoms with Gasteiger partial charge in [-0.15, -0.1) is 11.3 Å². The predicted octanol–water partition coefficient (Wildman–Crippen LogP) is 2.03. The van der Waals surface area contributed by atoms with Crippen LogP contribution in [0.5, 0.6) is 0 Å². The zero-order valence-corrected chi connectivity index (χ0v) is 14.4. The highest BCUT2D eigenvalue weighted by Crippen LogP contribution is 2.19. The number of amides is 4. The average molecular weight is 358 g/mol. The largest absolute Gasteiger partial charge is 0.340 e. The Balaban J connectivity index is 1.57. The van der Waals surface area contributed by atoms with Crippen molar-refractivity contribution in [2.24, 2.45) is 0 Å². The van der Waals surface area contributed by atoms with Gasteiger partial charge in [-0.25, -0.2) is 4.79 Å². The van der Waals surface area contributed by atoms with Crippen molar-refractivity contribution >= 4 is 40.6 Å². The molecule has 0 spiro atoms. The van der Waals surface area contributed by atoms with E-state index in [9.17, 15) is 14.4 Å². The molecule has 0 aliphatic carbocycles. The molecule has 4 amide bonds. The van der Waals surface area contributed by atoms with Crippen molar-refractivity contribution in [3.8, 4) is 0 Å². The van der Waals surface area contributed by atoms with Crippen LogP contribution in [0.2, 0.25) is 0 Å². The van der Waals surface area contributed by atoms with Gasteiger partial charge in [0.25, 0.3) is 5.91 Å². The van der Waals surface area contributed by atoms with Crippen LogP contribution in [0.25, 0.3) is 0 Å². The maximum absolute atomic E-state index is 12.2. The van der Waals surface area contributed by atoms with Crippen LogP contribution < -0.4 is 20.9 Å². The lowest BCUT2D eigenvalue weighted by Crippen LogP contribution is -2.41. The van der Waals surface area contributed by atoms with E-state index in [1.54, 1.807) is 48.2 Å². The summed E-state index contributed by atoms with van der Waals surface area (Å²) in [5.74, 6) is -0.579. The Kier molecular flexibility index (Phi) is 4.99. The number of urea groups is 1. The molecule has 1 atom stereocenters. The molecule has 1 aliphatic rings. The Morgan fingerprint density at radius 3 is 2.60 bits per heavy atom. The van der Waals surface area contributed by atoms with Gasteiger partial charge >= 0.3 is 6.03 Å². The second-order valence-corrected chi connectivity index (χ2v) is 6.54. The summed E-state index contributed by atoms with van der Waals surface area (Å²) in [4.78, 5) is 38.0. The fourth-order valence-electron chi connectivity index (χ4n) is 2.43. The van der Waals surface area contributed by atoms with Gasteiger partial charge in [0.05, 0.1) is 4.88 Å². The van der Waals surface area contributed by atoms with Crippen molar-refractivity contribution in [3.63, 3.8) is 0 Å². The van der Waals surface area contributed by atoms with Crippen molar-refractivity contribution < 1.29 is 14.4 Å². The van der Waals surface area contributed by atoms with Crippen LogP contribution in [0.15, 0.2) is 41.8 Å². The molecule has 3 rings (SSSR count). The fraction of sp³-hybridized carbons (Fsp3) is 0.235. The SMILES string of the molecule is CC(NC(=O)c1cccs1)C(=O)Nc1ccc(N2CCNC2=O)cc1. The van der Waals surface area contributed by atoms with Gasteiger partial charge in [0, 0.05) is 24.5 Å². The number of nitrogens with zero attached hydrogens (tertiary/aromatic N) is 1. The van der Waals surface area contributed by atoms with E-state index >= 15 is 0 Å². The normalized spacial score (nSPS) is 14.8. The first-order chi connectivity index (χ1) is 12.0. The Labute approximate surface area is 149 Å². The van der Waals surface area contributed by atoms with Crippen LogP contribution in [-0.2, 0) is 4.79 Å². The quantitative estimate of drug-likeness (QED) is 0.764. The highest BCUT2D eigenvalue weighted by Gasteiger charge is 2.21. The van der Waals surface area contributed by atoms with E-state index in [1.165, 1.54) is 11.3 Å². The van der Waals surface area contributed by atoms with E-state index in [4.69, 9.17) is 0 Å². The Morgan fingerprint density at radius 1 is 1.24 bits per heavy atom. The van der Waals surface area contributed by atoms with Crippen LogP contribution in [0.3, 0.4) is 0 Å². The maximum Gasteiger partial charge on any atom is 0.321 e. The smallest absolute Gasteiger partial charge is 0.321 e. The van der Waals surface area contributed by atoms with Gasteiger partial charge in [0.1, 0.15) is 6.04 Å². The van der Waals surface area contributed by atoms with Crippen molar-refractivity contribution in [1.82, 2.24) is 10.6 Å². The second-order valence-electron chi connectivity index (χ2n) is 5.59. The molecule has 0 bridgehead atoms. The highest BCUT2D eigenvalue weighted by atomic mass is 32.1. The lowest BCUT2D eigenvalue weighted by Gasteiger charge is -2.16. The first-order valence-corrected chi connectivity index (χ1v) is 8.73. The fourth-order valence-corrected chi connectivity index (χ4v) is 3.06. The standard InChI is InChI=1S/C17H18N4O3S/c1-11(19-16(23)14-3-2-10-25-14)15(22)20-12-4-6-13(7-5-12)21-9-8-18-17(21)24/h2-7,10-11H,8-9H2,1H3,(H,18,24)(H,19,23)(H,20,22). The number of benzene rings is 1. The number of carbonyl (C=O) groups excluding carboxylic acids is 3. The van der Waals surface area contributed by atoms with Crippen LogP contribution in [0.1, 0.15) is 16.6 Å². The Hall–Kier alpha value is -2.87.